The first-order valence-electron chi connectivity index (χ1n) is 10.5. The molecule has 3 heterocycles. The second-order valence-electron chi connectivity index (χ2n) is 7.38. The molecule has 0 radical (unpaired) electrons. The zero-order valence-electron chi connectivity index (χ0n) is 17.0. The third kappa shape index (κ3) is 4.46. The summed E-state index contributed by atoms with van der Waals surface area (Å²) >= 11 is 0. The van der Waals surface area contributed by atoms with Gasteiger partial charge in [-0.15, -0.1) is 0 Å². The number of aromatic nitrogens is 2. The van der Waals surface area contributed by atoms with Gasteiger partial charge in [-0.1, -0.05) is 18.2 Å². The molecule has 1 fully saturated rings. The van der Waals surface area contributed by atoms with Crippen molar-refractivity contribution < 1.29 is 19.0 Å². The van der Waals surface area contributed by atoms with Crippen molar-refractivity contribution in [3.63, 3.8) is 0 Å². The summed E-state index contributed by atoms with van der Waals surface area (Å²) < 4.78 is 19.0. The van der Waals surface area contributed by atoms with E-state index < -0.39 is 0 Å². The van der Waals surface area contributed by atoms with Crippen LogP contribution in [0.2, 0.25) is 0 Å². The molecule has 7 heteroatoms. The maximum Gasteiger partial charge on any atom is 0.249 e. The monoisotopic (exact) mass is 399 g/mol. The third-order valence-electron chi connectivity index (χ3n) is 5.56. The Labute approximate surface area is 171 Å². The predicted molar refractivity (Wildman–Crippen MR) is 108 cm³/mol. The summed E-state index contributed by atoms with van der Waals surface area (Å²) in [6.07, 6.45) is 2.76. The number of rotatable bonds is 8. The Morgan fingerprint density at radius 1 is 1.31 bits per heavy atom. The highest BCUT2D eigenvalue weighted by atomic mass is 16.5. The Morgan fingerprint density at radius 3 is 3.00 bits per heavy atom. The molecule has 0 N–H and O–H groups in total. The van der Waals surface area contributed by atoms with E-state index in [4.69, 9.17) is 19.3 Å². The van der Waals surface area contributed by atoms with Gasteiger partial charge in [-0.05, 0) is 31.9 Å². The zero-order chi connectivity index (χ0) is 20.1. The fraction of sp³-hybridized carbons (Fsp3) is 0.545. The van der Waals surface area contributed by atoms with Gasteiger partial charge in [-0.2, -0.15) is 5.10 Å². The van der Waals surface area contributed by atoms with Crippen molar-refractivity contribution in [2.75, 3.05) is 33.0 Å². The van der Waals surface area contributed by atoms with Crippen LogP contribution in [0.1, 0.15) is 42.8 Å². The normalized spacial score (nSPS) is 18.7. The highest BCUT2D eigenvalue weighted by molar-refractivity contribution is 5.78. The van der Waals surface area contributed by atoms with Crippen molar-refractivity contribution in [2.45, 2.75) is 45.4 Å². The standard InChI is InChI=1S/C22H29N3O4/c1-2-27-16-21(26)24-11-6-9-20(24)22-18-15-28-13-10-19(18)25(23-22)12-14-29-17-7-4-3-5-8-17/h3-5,7-8,20H,2,6,9-16H2,1H3. The van der Waals surface area contributed by atoms with Crippen molar-refractivity contribution in [1.29, 1.82) is 0 Å². The highest BCUT2D eigenvalue weighted by Gasteiger charge is 2.35. The van der Waals surface area contributed by atoms with E-state index in [1.165, 1.54) is 5.69 Å². The summed E-state index contributed by atoms with van der Waals surface area (Å²) in [5.74, 6) is 0.905. The van der Waals surface area contributed by atoms with Crippen molar-refractivity contribution >= 4 is 5.91 Å². The van der Waals surface area contributed by atoms with Crippen LogP contribution in [0.4, 0.5) is 0 Å². The van der Waals surface area contributed by atoms with Crippen LogP contribution < -0.4 is 4.74 Å². The number of amides is 1. The van der Waals surface area contributed by atoms with Gasteiger partial charge in [-0.25, -0.2) is 0 Å². The number of hydrogen-bond acceptors (Lipinski definition) is 5. The zero-order valence-corrected chi connectivity index (χ0v) is 17.0. The van der Waals surface area contributed by atoms with E-state index in [0.29, 0.717) is 33.0 Å². The van der Waals surface area contributed by atoms with E-state index in [0.717, 1.165) is 42.8 Å². The Kier molecular flexibility index (Phi) is 6.46. The smallest absolute Gasteiger partial charge is 0.249 e. The van der Waals surface area contributed by atoms with Crippen LogP contribution in [-0.4, -0.2) is 53.6 Å². The molecule has 1 saturated heterocycles. The largest absolute Gasteiger partial charge is 0.492 e. The maximum absolute atomic E-state index is 12.6. The molecule has 1 amide bonds. The molecule has 4 rings (SSSR count). The molecule has 1 atom stereocenters. The molecule has 2 aliphatic heterocycles. The molecular weight excluding hydrogens is 370 g/mol. The SMILES string of the molecule is CCOCC(=O)N1CCCC1c1nn(CCOc2ccccc2)c2c1COCC2. The number of benzene rings is 1. The van der Waals surface area contributed by atoms with Crippen LogP contribution in [0.5, 0.6) is 5.75 Å². The lowest BCUT2D eigenvalue weighted by Crippen LogP contribution is -2.34. The van der Waals surface area contributed by atoms with Crippen molar-refractivity contribution in [2.24, 2.45) is 0 Å². The lowest BCUT2D eigenvalue weighted by molar-refractivity contribution is -0.137. The number of para-hydroxylation sites is 1. The molecule has 0 bridgehead atoms. The minimum Gasteiger partial charge on any atom is -0.492 e. The Morgan fingerprint density at radius 2 is 2.17 bits per heavy atom. The molecule has 156 valence electrons. The summed E-state index contributed by atoms with van der Waals surface area (Å²) in [4.78, 5) is 14.5. The molecular formula is C22H29N3O4. The number of ether oxygens (including phenoxy) is 3. The summed E-state index contributed by atoms with van der Waals surface area (Å²) in [7, 11) is 0. The van der Waals surface area contributed by atoms with Crippen LogP contribution >= 0.6 is 0 Å². The van der Waals surface area contributed by atoms with Gasteiger partial charge >= 0.3 is 0 Å². The highest BCUT2D eigenvalue weighted by Crippen LogP contribution is 2.36. The summed E-state index contributed by atoms with van der Waals surface area (Å²) in [5, 5.41) is 4.94. The molecule has 0 spiro atoms. The predicted octanol–water partition coefficient (Wildman–Crippen LogP) is 2.73. The van der Waals surface area contributed by atoms with Crippen LogP contribution in [0.25, 0.3) is 0 Å². The molecule has 1 unspecified atom stereocenters. The summed E-state index contributed by atoms with van der Waals surface area (Å²) in [6.45, 7) is 5.84. The minimum absolute atomic E-state index is 0.00898. The van der Waals surface area contributed by atoms with Gasteiger partial charge < -0.3 is 19.1 Å². The molecule has 1 aromatic carbocycles. The summed E-state index contributed by atoms with van der Waals surface area (Å²) in [5.41, 5.74) is 3.35. The molecule has 0 aliphatic carbocycles. The maximum atomic E-state index is 12.6. The molecule has 7 nitrogen and oxygen atoms in total. The Hall–Kier alpha value is -2.38. The second-order valence-corrected chi connectivity index (χ2v) is 7.38. The van der Waals surface area contributed by atoms with Gasteiger partial charge in [-0.3, -0.25) is 9.48 Å². The first-order valence-corrected chi connectivity index (χ1v) is 10.5. The van der Waals surface area contributed by atoms with Crippen molar-refractivity contribution in [3.05, 3.63) is 47.3 Å². The fourth-order valence-electron chi connectivity index (χ4n) is 4.18. The van der Waals surface area contributed by atoms with E-state index in [2.05, 4.69) is 4.68 Å². The first kappa shape index (κ1) is 19.9. The van der Waals surface area contributed by atoms with E-state index in [1.54, 1.807) is 0 Å². The number of nitrogens with zero attached hydrogens (tertiary/aromatic N) is 3. The van der Waals surface area contributed by atoms with E-state index >= 15 is 0 Å². The Bertz CT molecular complexity index is 821. The van der Waals surface area contributed by atoms with Crippen LogP contribution in [-0.2, 0) is 33.8 Å². The van der Waals surface area contributed by atoms with Crippen molar-refractivity contribution in [3.8, 4) is 5.75 Å². The van der Waals surface area contributed by atoms with E-state index in [9.17, 15) is 4.79 Å². The topological polar surface area (TPSA) is 65.8 Å². The number of carbonyl (C=O) groups is 1. The van der Waals surface area contributed by atoms with Gasteiger partial charge in [0.2, 0.25) is 5.91 Å². The van der Waals surface area contributed by atoms with E-state index in [-0.39, 0.29) is 18.6 Å². The number of fused-ring (bicyclic) bond motifs is 1. The molecule has 0 saturated carbocycles. The minimum atomic E-state index is 0.00898. The lowest BCUT2D eigenvalue weighted by atomic mass is 10.0. The third-order valence-corrected chi connectivity index (χ3v) is 5.56. The number of hydrogen-bond donors (Lipinski definition) is 0. The number of likely N-dealkylation sites (tertiary alicyclic amines) is 1. The van der Waals surface area contributed by atoms with Gasteiger partial charge in [0.25, 0.3) is 0 Å². The lowest BCUT2D eigenvalue weighted by Gasteiger charge is -2.25. The van der Waals surface area contributed by atoms with Gasteiger partial charge in [0.1, 0.15) is 19.0 Å². The van der Waals surface area contributed by atoms with Gasteiger partial charge in [0, 0.05) is 30.8 Å². The van der Waals surface area contributed by atoms with Crippen LogP contribution in [0, 0.1) is 0 Å². The quantitative estimate of drug-likeness (QED) is 0.683. The number of carbonyl (C=O) groups excluding carboxylic acids is 1. The van der Waals surface area contributed by atoms with Gasteiger partial charge in [0.15, 0.2) is 0 Å². The molecule has 2 aromatic rings. The fourth-order valence-corrected chi connectivity index (χ4v) is 4.18. The van der Waals surface area contributed by atoms with Crippen LogP contribution in [0.3, 0.4) is 0 Å². The van der Waals surface area contributed by atoms with Crippen molar-refractivity contribution in [1.82, 2.24) is 14.7 Å². The second kappa shape index (κ2) is 9.41. The summed E-state index contributed by atoms with van der Waals surface area (Å²) in [6, 6.07) is 9.83. The Balaban J connectivity index is 1.50. The van der Waals surface area contributed by atoms with E-state index in [1.807, 2.05) is 42.2 Å². The van der Waals surface area contributed by atoms with Crippen LogP contribution in [0.15, 0.2) is 30.3 Å². The average molecular weight is 399 g/mol. The average Bonchev–Trinajstić information content (AvgIpc) is 3.38. The molecule has 29 heavy (non-hydrogen) atoms. The van der Waals surface area contributed by atoms with Gasteiger partial charge in [0.05, 0.1) is 31.5 Å². The first-order chi connectivity index (χ1) is 14.3. The molecule has 2 aliphatic rings. The molecule has 1 aromatic heterocycles.